The summed E-state index contributed by atoms with van der Waals surface area (Å²) < 4.78 is 60.1. The lowest BCUT2D eigenvalue weighted by atomic mass is 10.3. The van der Waals surface area contributed by atoms with Gasteiger partial charge < -0.3 is 4.74 Å². The van der Waals surface area contributed by atoms with E-state index in [2.05, 4.69) is 4.74 Å². The van der Waals surface area contributed by atoms with Gasteiger partial charge in [-0.1, -0.05) is 0 Å². The van der Waals surface area contributed by atoms with Gasteiger partial charge in [-0.2, -0.15) is 0 Å². The molecule has 0 saturated carbocycles. The third-order valence-corrected chi connectivity index (χ3v) is 2.71. The Labute approximate surface area is 100.0 Å². The van der Waals surface area contributed by atoms with Gasteiger partial charge in [-0.05, 0) is 24.3 Å². The lowest BCUT2D eigenvalue weighted by molar-refractivity contribution is -0.274. The number of halogens is 5. The van der Waals surface area contributed by atoms with Crippen molar-refractivity contribution in [3.8, 4) is 5.75 Å². The zero-order valence-electron chi connectivity index (χ0n) is 7.36. The normalized spacial score (nSPS) is 11.8. The average molecular weight is 297 g/mol. The van der Waals surface area contributed by atoms with Gasteiger partial charge >= 0.3 is 6.36 Å². The average Bonchev–Trinajstić information content (AvgIpc) is 2.00. The molecule has 0 fully saturated rings. The molecule has 0 aliphatic carbocycles. The Morgan fingerprint density at radius 1 is 1.12 bits per heavy atom. The molecule has 92 valence electrons. The minimum Gasteiger partial charge on any atom is -0.406 e. The first kappa shape index (κ1) is 15.3. The number of ether oxygens (including phenoxy) is 1. The maximum atomic E-state index is 11.7. The molecule has 0 radical (unpaired) electrons. The van der Waals surface area contributed by atoms with Gasteiger partial charge in [0.1, 0.15) is 5.75 Å². The van der Waals surface area contributed by atoms with E-state index in [-0.39, 0.29) is 17.3 Å². The Morgan fingerprint density at radius 3 is 1.88 bits per heavy atom. The van der Waals surface area contributed by atoms with Crippen molar-refractivity contribution in [3.05, 3.63) is 24.3 Å². The van der Waals surface area contributed by atoms with Crippen LogP contribution in [0.25, 0.3) is 0 Å². The minimum absolute atomic E-state index is 0. The first-order chi connectivity index (χ1) is 6.68. The molecule has 0 aliphatic heterocycles. The van der Waals surface area contributed by atoms with Crippen LogP contribution in [0.5, 0.6) is 5.75 Å². The third kappa shape index (κ3) is 4.91. The first-order valence-corrected chi connectivity index (χ1v) is 5.80. The molecule has 9 heteroatoms. The van der Waals surface area contributed by atoms with Crippen LogP contribution in [-0.2, 0) is 9.05 Å². The van der Waals surface area contributed by atoms with E-state index in [0.29, 0.717) is 0 Å². The SMILES string of the molecule is Cl.O=S(=O)(Cl)c1ccc(OC(F)(F)F)cc1. The molecule has 0 bridgehead atoms. The van der Waals surface area contributed by atoms with Gasteiger partial charge in [0.15, 0.2) is 0 Å². The molecular formula is C7H5Cl2F3O3S. The summed E-state index contributed by atoms with van der Waals surface area (Å²) in [6, 6.07) is 3.57. The van der Waals surface area contributed by atoms with Crippen LogP contribution in [-0.4, -0.2) is 14.8 Å². The quantitative estimate of drug-likeness (QED) is 0.788. The standard InChI is InChI=1S/C7H4ClF3O3S.ClH/c8-15(12,13)6-3-1-5(2-4-6)14-7(9,10)11;/h1-4H;1H. The predicted octanol–water partition coefficient (Wildman–Crippen LogP) is 2.93. The van der Waals surface area contributed by atoms with Crippen LogP contribution < -0.4 is 4.74 Å². The Bertz CT molecular complexity index is 441. The molecule has 16 heavy (non-hydrogen) atoms. The van der Waals surface area contributed by atoms with Crippen molar-refractivity contribution in [2.45, 2.75) is 11.3 Å². The van der Waals surface area contributed by atoms with Crippen molar-refractivity contribution in [2.75, 3.05) is 0 Å². The van der Waals surface area contributed by atoms with E-state index in [1.807, 2.05) is 0 Å². The zero-order chi connectivity index (χ0) is 11.7. The lowest BCUT2D eigenvalue weighted by Crippen LogP contribution is -2.17. The van der Waals surface area contributed by atoms with Gasteiger partial charge in [0.25, 0.3) is 9.05 Å². The van der Waals surface area contributed by atoms with Crippen molar-refractivity contribution in [1.82, 2.24) is 0 Å². The molecule has 3 nitrogen and oxygen atoms in total. The van der Waals surface area contributed by atoms with Gasteiger partial charge in [0.05, 0.1) is 4.90 Å². The highest BCUT2D eigenvalue weighted by molar-refractivity contribution is 8.13. The van der Waals surface area contributed by atoms with Crippen LogP contribution in [0.3, 0.4) is 0 Å². The third-order valence-electron chi connectivity index (χ3n) is 1.34. The highest BCUT2D eigenvalue weighted by atomic mass is 35.7. The fourth-order valence-electron chi connectivity index (χ4n) is 0.804. The van der Waals surface area contributed by atoms with Crippen molar-refractivity contribution in [2.24, 2.45) is 0 Å². The molecular weight excluding hydrogens is 292 g/mol. The van der Waals surface area contributed by atoms with Crippen molar-refractivity contribution >= 4 is 32.1 Å². The number of rotatable bonds is 2. The molecule has 1 aromatic rings. The fourth-order valence-corrected chi connectivity index (χ4v) is 1.57. The van der Waals surface area contributed by atoms with Gasteiger partial charge in [-0.15, -0.1) is 25.6 Å². The zero-order valence-corrected chi connectivity index (χ0v) is 9.75. The Morgan fingerprint density at radius 2 is 1.56 bits per heavy atom. The highest BCUT2D eigenvalue weighted by Gasteiger charge is 2.31. The summed E-state index contributed by atoms with van der Waals surface area (Å²) in [5, 5.41) is 0. The second kappa shape index (κ2) is 5.11. The molecule has 0 atom stereocenters. The fraction of sp³-hybridized carbons (Fsp3) is 0.143. The molecule has 1 rings (SSSR count). The highest BCUT2D eigenvalue weighted by Crippen LogP contribution is 2.24. The second-order valence-corrected chi connectivity index (χ2v) is 5.02. The van der Waals surface area contributed by atoms with Gasteiger partial charge in [-0.25, -0.2) is 8.42 Å². The topological polar surface area (TPSA) is 43.4 Å². The maximum absolute atomic E-state index is 11.7. The van der Waals surface area contributed by atoms with Crippen LogP contribution in [0.15, 0.2) is 29.2 Å². The molecule has 1 aromatic carbocycles. The Balaban J connectivity index is 0.00000225. The molecule has 0 unspecified atom stereocenters. The molecule has 0 spiro atoms. The van der Waals surface area contributed by atoms with Crippen LogP contribution in [0.4, 0.5) is 13.2 Å². The molecule has 0 aliphatic rings. The number of hydrogen-bond donors (Lipinski definition) is 0. The molecule has 0 heterocycles. The minimum atomic E-state index is -4.80. The van der Waals surface area contributed by atoms with Crippen LogP contribution in [0.2, 0.25) is 0 Å². The van der Waals surface area contributed by atoms with Crippen molar-refractivity contribution in [1.29, 1.82) is 0 Å². The number of benzene rings is 1. The van der Waals surface area contributed by atoms with Crippen LogP contribution >= 0.6 is 23.1 Å². The summed E-state index contributed by atoms with van der Waals surface area (Å²) in [4.78, 5) is -0.293. The van der Waals surface area contributed by atoms with Gasteiger partial charge in [-0.3, -0.25) is 0 Å². The summed E-state index contributed by atoms with van der Waals surface area (Å²) in [6.45, 7) is 0. The van der Waals surface area contributed by atoms with Crippen molar-refractivity contribution in [3.63, 3.8) is 0 Å². The largest absolute Gasteiger partial charge is 0.573 e. The Hall–Kier alpha value is -0.660. The summed E-state index contributed by atoms with van der Waals surface area (Å²) in [6.07, 6.45) is -4.80. The van der Waals surface area contributed by atoms with Gasteiger partial charge in [0.2, 0.25) is 0 Å². The van der Waals surface area contributed by atoms with Crippen LogP contribution in [0.1, 0.15) is 0 Å². The summed E-state index contributed by atoms with van der Waals surface area (Å²) in [5.74, 6) is -0.508. The molecule has 0 aromatic heterocycles. The van der Waals surface area contributed by atoms with E-state index < -0.39 is 21.2 Å². The lowest BCUT2D eigenvalue weighted by Gasteiger charge is -2.08. The Kier molecular flexibility index (Phi) is 4.90. The van der Waals surface area contributed by atoms with E-state index >= 15 is 0 Å². The van der Waals surface area contributed by atoms with E-state index in [1.165, 1.54) is 0 Å². The van der Waals surface area contributed by atoms with Crippen molar-refractivity contribution < 1.29 is 26.3 Å². The second-order valence-electron chi connectivity index (χ2n) is 2.46. The maximum Gasteiger partial charge on any atom is 0.573 e. The van der Waals surface area contributed by atoms with Crippen LogP contribution in [0, 0.1) is 0 Å². The number of hydrogen-bond acceptors (Lipinski definition) is 3. The van der Waals surface area contributed by atoms with E-state index in [0.717, 1.165) is 24.3 Å². The van der Waals surface area contributed by atoms with E-state index in [4.69, 9.17) is 10.7 Å². The molecule has 0 amide bonds. The summed E-state index contributed by atoms with van der Waals surface area (Å²) in [7, 11) is 1.03. The molecule has 0 saturated heterocycles. The summed E-state index contributed by atoms with van der Waals surface area (Å²) in [5.41, 5.74) is 0. The predicted molar refractivity (Wildman–Crippen MR) is 53.4 cm³/mol. The first-order valence-electron chi connectivity index (χ1n) is 3.49. The molecule has 0 N–H and O–H groups in total. The summed E-state index contributed by atoms with van der Waals surface area (Å²) >= 11 is 0. The smallest absolute Gasteiger partial charge is 0.406 e. The monoisotopic (exact) mass is 296 g/mol. The number of alkyl halides is 3. The van der Waals surface area contributed by atoms with Gasteiger partial charge in [0, 0.05) is 10.7 Å². The van der Waals surface area contributed by atoms with E-state index in [9.17, 15) is 21.6 Å². The van der Waals surface area contributed by atoms with E-state index in [1.54, 1.807) is 0 Å².